The van der Waals surface area contributed by atoms with Gasteiger partial charge in [-0.1, -0.05) is 52.0 Å². The van der Waals surface area contributed by atoms with Gasteiger partial charge in [-0.2, -0.15) is 0 Å². The molecule has 1 aliphatic heterocycles. The zero-order chi connectivity index (χ0) is 16.5. The highest BCUT2D eigenvalue weighted by Gasteiger charge is 2.15. The molecular formula is C21H29N. The van der Waals surface area contributed by atoms with Crippen LogP contribution in [0.4, 0.5) is 0 Å². The van der Waals surface area contributed by atoms with E-state index in [4.69, 9.17) is 0 Å². The lowest BCUT2D eigenvalue weighted by molar-refractivity contribution is 0.541. The Labute approximate surface area is 136 Å². The average Bonchev–Trinajstić information content (AvgIpc) is 2.56. The Kier molecular flexibility index (Phi) is 7.49. The van der Waals surface area contributed by atoms with Crippen LogP contribution in [0.15, 0.2) is 78.0 Å². The SMILES string of the molecule is C=C=C/C=C(\C)C1=CN(C=C)/C(=C(\C)C(C)CCCC)C=C1. The lowest BCUT2D eigenvalue weighted by Crippen LogP contribution is -2.15. The van der Waals surface area contributed by atoms with Gasteiger partial charge < -0.3 is 4.90 Å². The first-order chi connectivity index (χ1) is 10.5. The fourth-order valence-corrected chi connectivity index (χ4v) is 2.50. The third-order valence-electron chi connectivity index (χ3n) is 4.21. The van der Waals surface area contributed by atoms with E-state index in [1.54, 1.807) is 0 Å². The second-order valence-electron chi connectivity index (χ2n) is 5.84. The Morgan fingerprint density at radius 1 is 1.36 bits per heavy atom. The third-order valence-corrected chi connectivity index (χ3v) is 4.21. The molecule has 0 saturated heterocycles. The molecule has 1 heteroatoms. The van der Waals surface area contributed by atoms with Crippen LogP contribution in [-0.2, 0) is 0 Å². The van der Waals surface area contributed by atoms with Crippen molar-refractivity contribution in [2.24, 2.45) is 5.92 Å². The first-order valence-corrected chi connectivity index (χ1v) is 8.09. The van der Waals surface area contributed by atoms with Crippen LogP contribution in [-0.4, -0.2) is 4.90 Å². The minimum Gasteiger partial charge on any atom is -0.324 e. The van der Waals surface area contributed by atoms with Crippen LogP contribution >= 0.6 is 0 Å². The van der Waals surface area contributed by atoms with E-state index < -0.39 is 0 Å². The first kappa shape index (κ1) is 18.1. The summed E-state index contributed by atoms with van der Waals surface area (Å²) in [6, 6.07) is 0. The van der Waals surface area contributed by atoms with E-state index in [2.05, 4.69) is 69.8 Å². The standard InChI is InChI=1S/C21H29N/c1-7-10-12-17(4)19(6)21-15-14-20(16-22(21)9-3)18(5)13-11-8-2/h9,11,13-17H,2-3,7,10,12H2,1,4-6H3/b18-13+,21-19+. The van der Waals surface area contributed by atoms with Gasteiger partial charge in [0.25, 0.3) is 0 Å². The monoisotopic (exact) mass is 295 g/mol. The van der Waals surface area contributed by atoms with Gasteiger partial charge in [0.2, 0.25) is 0 Å². The van der Waals surface area contributed by atoms with Gasteiger partial charge in [0, 0.05) is 18.1 Å². The number of allylic oxidation sites excluding steroid dienone is 7. The van der Waals surface area contributed by atoms with Crippen LogP contribution in [0.1, 0.15) is 47.0 Å². The van der Waals surface area contributed by atoms with E-state index >= 15 is 0 Å². The molecule has 0 aromatic carbocycles. The average molecular weight is 295 g/mol. The third kappa shape index (κ3) is 4.79. The van der Waals surface area contributed by atoms with E-state index in [-0.39, 0.29) is 0 Å². The van der Waals surface area contributed by atoms with E-state index in [0.717, 1.165) is 0 Å². The normalized spacial score (nSPS) is 18.5. The van der Waals surface area contributed by atoms with Gasteiger partial charge >= 0.3 is 0 Å². The summed E-state index contributed by atoms with van der Waals surface area (Å²) >= 11 is 0. The fourth-order valence-electron chi connectivity index (χ4n) is 2.50. The molecule has 0 aliphatic carbocycles. The molecule has 22 heavy (non-hydrogen) atoms. The predicted molar refractivity (Wildman–Crippen MR) is 98.1 cm³/mol. The van der Waals surface area contributed by atoms with Gasteiger partial charge in [-0.25, -0.2) is 0 Å². The molecule has 0 spiro atoms. The maximum atomic E-state index is 3.96. The molecule has 0 amide bonds. The highest BCUT2D eigenvalue weighted by atomic mass is 15.1. The van der Waals surface area contributed by atoms with Crippen molar-refractivity contribution in [1.29, 1.82) is 0 Å². The summed E-state index contributed by atoms with van der Waals surface area (Å²) in [6.07, 6.45) is 16.0. The first-order valence-electron chi connectivity index (χ1n) is 8.09. The summed E-state index contributed by atoms with van der Waals surface area (Å²) in [5.41, 5.74) is 7.82. The molecule has 0 aromatic rings. The van der Waals surface area contributed by atoms with Crippen molar-refractivity contribution in [2.75, 3.05) is 0 Å². The maximum absolute atomic E-state index is 3.96. The highest BCUT2D eigenvalue weighted by molar-refractivity contribution is 5.47. The number of hydrogen-bond acceptors (Lipinski definition) is 1. The molecule has 1 heterocycles. The molecule has 0 saturated carbocycles. The van der Waals surface area contributed by atoms with E-state index in [9.17, 15) is 0 Å². The van der Waals surface area contributed by atoms with Crippen LogP contribution in [0.3, 0.4) is 0 Å². The maximum Gasteiger partial charge on any atom is 0.0441 e. The Morgan fingerprint density at radius 3 is 2.68 bits per heavy atom. The molecule has 0 fully saturated rings. The summed E-state index contributed by atoms with van der Waals surface area (Å²) in [6.45, 7) is 16.4. The van der Waals surface area contributed by atoms with Crippen molar-refractivity contribution in [2.45, 2.75) is 47.0 Å². The zero-order valence-corrected chi connectivity index (χ0v) is 14.5. The second kappa shape index (κ2) is 9.12. The van der Waals surface area contributed by atoms with Gasteiger partial charge in [-0.3, -0.25) is 0 Å². The Bertz CT molecular complexity index is 563. The van der Waals surface area contributed by atoms with Gasteiger partial charge in [0.15, 0.2) is 0 Å². The minimum atomic E-state index is 0.595. The molecule has 1 unspecified atom stereocenters. The van der Waals surface area contributed by atoms with Crippen LogP contribution in [0, 0.1) is 5.92 Å². The lowest BCUT2D eigenvalue weighted by atomic mass is 9.93. The van der Waals surface area contributed by atoms with Crippen LogP contribution in [0.5, 0.6) is 0 Å². The topological polar surface area (TPSA) is 3.24 Å². The van der Waals surface area contributed by atoms with E-state index in [1.807, 2.05) is 18.4 Å². The highest BCUT2D eigenvalue weighted by Crippen LogP contribution is 2.28. The second-order valence-corrected chi connectivity index (χ2v) is 5.84. The van der Waals surface area contributed by atoms with Gasteiger partial charge in [0.05, 0.1) is 0 Å². The molecule has 118 valence electrons. The molecule has 0 bridgehead atoms. The summed E-state index contributed by atoms with van der Waals surface area (Å²) in [5.74, 6) is 0.595. The Hall–Kier alpha value is -1.98. The predicted octanol–water partition coefficient (Wildman–Crippen LogP) is 6.27. The van der Waals surface area contributed by atoms with Crippen LogP contribution in [0.25, 0.3) is 0 Å². The number of rotatable bonds is 7. The van der Waals surface area contributed by atoms with Crippen molar-refractivity contribution in [1.82, 2.24) is 4.90 Å². The quantitative estimate of drug-likeness (QED) is 0.395. The summed E-state index contributed by atoms with van der Waals surface area (Å²) in [5, 5.41) is 0. The van der Waals surface area contributed by atoms with E-state index in [1.165, 1.54) is 41.7 Å². The molecule has 1 nitrogen and oxygen atoms in total. The zero-order valence-electron chi connectivity index (χ0n) is 14.5. The number of unbranched alkanes of at least 4 members (excludes halogenated alkanes) is 1. The fraction of sp³-hybridized carbons (Fsp3) is 0.381. The summed E-state index contributed by atoms with van der Waals surface area (Å²) in [4.78, 5) is 2.13. The molecule has 1 aliphatic rings. The van der Waals surface area contributed by atoms with Gasteiger partial charge in [-0.05, 0) is 55.1 Å². The van der Waals surface area contributed by atoms with Crippen molar-refractivity contribution in [3.8, 4) is 0 Å². The van der Waals surface area contributed by atoms with E-state index in [0.29, 0.717) is 5.92 Å². The molecule has 1 rings (SSSR count). The smallest absolute Gasteiger partial charge is 0.0441 e. The van der Waals surface area contributed by atoms with Crippen LogP contribution in [0.2, 0.25) is 0 Å². The number of nitrogens with zero attached hydrogens (tertiary/aromatic N) is 1. The van der Waals surface area contributed by atoms with Gasteiger partial charge in [0.1, 0.15) is 0 Å². The molecule has 1 atom stereocenters. The van der Waals surface area contributed by atoms with Gasteiger partial charge in [-0.15, -0.1) is 5.73 Å². The molecule has 0 N–H and O–H groups in total. The Morgan fingerprint density at radius 2 is 2.09 bits per heavy atom. The van der Waals surface area contributed by atoms with Crippen molar-refractivity contribution in [3.05, 3.63) is 78.0 Å². The van der Waals surface area contributed by atoms with Crippen molar-refractivity contribution in [3.63, 3.8) is 0 Å². The molecule has 0 aromatic heterocycles. The largest absolute Gasteiger partial charge is 0.324 e. The molecule has 0 radical (unpaired) electrons. The summed E-state index contributed by atoms with van der Waals surface area (Å²) in [7, 11) is 0. The summed E-state index contributed by atoms with van der Waals surface area (Å²) < 4.78 is 0. The van der Waals surface area contributed by atoms with Crippen molar-refractivity contribution < 1.29 is 0 Å². The Balaban J connectivity index is 3.04. The number of hydrogen-bond donors (Lipinski definition) is 0. The molecular weight excluding hydrogens is 266 g/mol. The van der Waals surface area contributed by atoms with Crippen LogP contribution < -0.4 is 0 Å². The minimum absolute atomic E-state index is 0.595. The van der Waals surface area contributed by atoms with Crippen molar-refractivity contribution >= 4 is 0 Å². The lowest BCUT2D eigenvalue weighted by Gasteiger charge is -2.27.